The van der Waals surface area contributed by atoms with Gasteiger partial charge in [0, 0.05) is 6.42 Å². The number of carbonyl (C=O) groups excluding carboxylic acids is 1. The minimum atomic E-state index is -1.78. The molecule has 12 unspecified atom stereocenters. The molecule has 14 heteroatoms. The van der Waals surface area contributed by atoms with Gasteiger partial charge in [-0.1, -0.05) is 283 Å². The molecule has 1 amide bonds. The van der Waals surface area contributed by atoms with Gasteiger partial charge in [0.2, 0.25) is 5.91 Å². The van der Waals surface area contributed by atoms with Gasteiger partial charge in [0.1, 0.15) is 48.8 Å². The van der Waals surface area contributed by atoms with Gasteiger partial charge in [0.15, 0.2) is 12.6 Å². The highest BCUT2D eigenvalue weighted by Crippen LogP contribution is 2.30. The summed E-state index contributed by atoms with van der Waals surface area (Å²) in [6.07, 6.45) is 43.1. The minimum absolute atomic E-state index is 0.235. The maximum absolute atomic E-state index is 13.2. The van der Waals surface area contributed by atoms with Crippen LogP contribution in [-0.2, 0) is 23.7 Å². The Kier molecular flexibility index (Phi) is 46.9. The number of allylic oxidation sites excluding steroid dienone is 1. The Balaban J connectivity index is 1.56. The molecule has 0 saturated carbocycles. The zero-order valence-electron chi connectivity index (χ0n) is 49.9. The van der Waals surface area contributed by atoms with Crippen molar-refractivity contribution < 1.29 is 64.6 Å². The molecule has 0 radical (unpaired) electrons. The number of carbonyl (C=O) groups is 1. The van der Waals surface area contributed by atoms with Gasteiger partial charge in [0.25, 0.3) is 0 Å². The third-order valence-electron chi connectivity index (χ3n) is 16.5. The molecule has 2 heterocycles. The van der Waals surface area contributed by atoms with Crippen molar-refractivity contribution >= 4 is 5.91 Å². The van der Waals surface area contributed by atoms with Crippen molar-refractivity contribution in [2.75, 3.05) is 19.8 Å². The molecular weight excluding hydrogens is 991 g/mol. The summed E-state index contributed by atoms with van der Waals surface area (Å²) in [5.41, 5.74) is 0. The highest BCUT2D eigenvalue weighted by atomic mass is 16.7. The van der Waals surface area contributed by atoms with Crippen LogP contribution < -0.4 is 5.32 Å². The highest BCUT2D eigenvalue weighted by Gasteiger charge is 2.51. The third kappa shape index (κ3) is 35.0. The van der Waals surface area contributed by atoms with Crippen molar-refractivity contribution in [1.29, 1.82) is 0 Å². The Morgan fingerprint density at radius 3 is 1.18 bits per heavy atom. The second kappa shape index (κ2) is 50.3. The van der Waals surface area contributed by atoms with E-state index in [1.807, 2.05) is 6.08 Å². The Hall–Kier alpha value is -1.27. The molecule has 0 bridgehead atoms. The lowest BCUT2D eigenvalue weighted by molar-refractivity contribution is -0.359. The average Bonchev–Trinajstić information content (AvgIpc) is 3.45. The maximum Gasteiger partial charge on any atom is 0.220 e. The molecule has 0 spiro atoms. The van der Waals surface area contributed by atoms with E-state index >= 15 is 0 Å². The molecule has 12 atom stereocenters. The summed E-state index contributed by atoms with van der Waals surface area (Å²) >= 11 is 0. The summed E-state index contributed by atoms with van der Waals surface area (Å²) < 4.78 is 22.7. The molecule has 2 aliphatic rings. The molecule has 0 aromatic heterocycles. The topological polar surface area (TPSA) is 228 Å². The Morgan fingerprint density at radius 1 is 0.449 bits per heavy atom. The van der Waals surface area contributed by atoms with Gasteiger partial charge in [0.05, 0.1) is 32.0 Å². The van der Waals surface area contributed by atoms with E-state index in [-0.39, 0.29) is 18.9 Å². The van der Waals surface area contributed by atoms with E-state index in [2.05, 4.69) is 19.2 Å². The molecule has 0 aromatic carbocycles. The van der Waals surface area contributed by atoms with Gasteiger partial charge < -0.3 is 65.1 Å². The Morgan fingerprint density at radius 2 is 0.795 bits per heavy atom. The molecular formula is C64H123NO13. The number of aliphatic hydroxyl groups excluding tert-OH is 8. The van der Waals surface area contributed by atoms with Gasteiger partial charge in [-0.05, 0) is 19.3 Å². The van der Waals surface area contributed by atoms with Crippen LogP contribution in [0.5, 0.6) is 0 Å². The van der Waals surface area contributed by atoms with Gasteiger partial charge in [-0.15, -0.1) is 0 Å². The number of hydrogen-bond donors (Lipinski definition) is 9. The van der Waals surface area contributed by atoms with Crippen LogP contribution in [0, 0.1) is 0 Å². The fourth-order valence-corrected chi connectivity index (χ4v) is 11.2. The first kappa shape index (κ1) is 72.8. The lowest BCUT2D eigenvalue weighted by Crippen LogP contribution is -2.65. The number of aliphatic hydroxyl groups is 8. The van der Waals surface area contributed by atoms with Gasteiger partial charge >= 0.3 is 0 Å². The van der Waals surface area contributed by atoms with Gasteiger partial charge in [-0.2, -0.15) is 0 Å². The number of nitrogens with one attached hydrogen (secondary N) is 1. The van der Waals surface area contributed by atoms with E-state index in [1.54, 1.807) is 6.08 Å². The van der Waals surface area contributed by atoms with Crippen LogP contribution in [0.4, 0.5) is 0 Å². The van der Waals surface area contributed by atoms with E-state index in [1.165, 1.54) is 231 Å². The summed E-state index contributed by atoms with van der Waals surface area (Å²) in [7, 11) is 0. The Labute approximate surface area is 476 Å². The lowest BCUT2D eigenvalue weighted by Gasteiger charge is -2.46. The maximum atomic E-state index is 13.2. The van der Waals surface area contributed by atoms with Crippen LogP contribution in [0.25, 0.3) is 0 Å². The molecule has 14 nitrogen and oxygen atoms in total. The molecule has 2 saturated heterocycles. The molecule has 78 heavy (non-hydrogen) atoms. The van der Waals surface area contributed by atoms with Crippen molar-refractivity contribution in [2.45, 2.75) is 370 Å². The van der Waals surface area contributed by atoms with Crippen LogP contribution in [0.2, 0.25) is 0 Å². The average molecular weight is 1110 g/mol. The first-order chi connectivity index (χ1) is 38.1. The fourth-order valence-electron chi connectivity index (χ4n) is 11.2. The van der Waals surface area contributed by atoms with E-state index in [0.717, 1.165) is 38.5 Å². The summed E-state index contributed by atoms with van der Waals surface area (Å²) in [4.78, 5) is 13.2. The monoisotopic (exact) mass is 1110 g/mol. The SMILES string of the molecule is CCCCCCCCCC/C=C/C(O)C(COC1OC(CO)C(OC2OC(CO)C(O)C(O)C2O)C(O)C1O)NC(=O)CCCCCCCCCCCCCCCCCCCCCCCCCCCCCCCCCCCC. The summed E-state index contributed by atoms with van der Waals surface area (Å²) in [6.45, 7) is 2.80. The quantitative estimate of drug-likeness (QED) is 0.0204. The van der Waals surface area contributed by atoms with E-state index < -0.39 is 86.8 Å². The minimum Gasteiger partial charge on any atom is -0.394 e. The van der Waals surface area contributed by atoms with E-state index in [9.17, 15) is 45.6 Å². The number of rotatable bonds is 54. The normalized spacial score (nSPS) is 24.5. The van der Waals surface area contributed by atoms with E-state index in [4.69, 9.17) is 18.9 Å². The van der Waals surface area contributed by atoms with Crippen molar-refractivity contribution in [2.24, 2.45) is 0 Å². The summed E-state index contributed by atoms with van der Waals surface area (Å²) in [6, 6.07) is -0.908. The highest BCUT2D eigenvalue weighted by molar-refractivity contribution is 5.76. The fraction of sp³-hybridized carbons (Fsp3) is 0.953. The smallest absolute Gasteiger partial charge is 0.220 e. The van der Waals surface area contributed by atoms with Crippen LogP contribution in [0.1, 0.15) is 296 Å². The molecule has 2 rings (SSSR count). The number of unbranched alkanes of at least 4 members (excludes halogenated alkanes) is 41. The molecule has 0 aliphatic carbocycles. The first-order valence-electron chi connectivity index (χ1n) is 32.9. The second-order valence-electron chi connectivity index (χ2n) is 23.6. The van der Waals surface area contributed by atoms with Crippen molar-refractivity contribution in [3.63, 3.8) is 0 Å². The third-order valence-corrected chi connectivity index (χ3v) is 16.5. The largest absolute Gasteiger partial charge is 0.394 e. The number of ether oxygens (including phenoxy) is 4. The summed E-state index contributed by atoms with van der Waals surface area (Å²) in [5.74, 6) is -0.235. The zero-order chi connectivity index (χ0) is 56.7. The standard InChI is InChI=1S/C64H123NO13/c1-3-5-7-9-11-13-15-16-17-18-19-20-21-22-23-24-25-26-27-28-29-30-31-32-33-34-35-36-37-38-40-42-44-46-48-56(69)65-52(53(68)47-45-43-41-39-14-12-10-8-6-4-2)51-75-63-61(74)59(72)62(55(50-67)77-63)78-64-60(73)58(71)57(70)54(49-66)76-64/h45,47,52-55,57-64,66-68,70-74H,3-44,46,48-51H2,1-2H3,(H,65,69)/b47-45+. The van der Waals surface area contributed by atoms with Crippen LogP contribution in [0.3, 0.4) is 0 Å². The first-order valence-corrected chi connectivity index (χ1v) is 32.9. The molecule has 9 N–H and O–H groups in total. The second-order valence-corrected chi connectivity index (χ2v) is 23.6. The van der Waals surface area contributed by atoms with E-state index in [0.29, 0.717) is 6.42 Å². The predicted molar refractivity (Wildman–Crippen MR) is 314 cm³/mol. The zero-order valence-corrected chi connectivity index (χ0v) is 49.9. The van der Waals surface area contributed by atoms with Gasteiger partial charge in [-0.25, -0.2) is 0 Å². The van der Waals surface area contributed by atoms with Gasteiger partial charge in [-0.3, -0.25) is 4.79 Å². The molecule has 2 aliphatic heterocycles. The molecule has 2 fully saturated rings. The molecule has 462 valence electrons. The van der Waals surface area contributed by atoms with Crippen molar-refractivity contribution in [3.8, 4) is 0 Å². The van der Waals surface area contributed by atoms with Crippen molar-refractivity contribution in [1.82, 2.24) is 5.32 Å². The van der Waals surface area contributed by atoms with Crippen LogP contribution in [-0.4, -0.2) is 140 Å². The predicted octanol–water partition coefficient (Wildman–Crippen LogP) is 12.2. The number of hydrogen-bond acceptors (Lipinski definition) is 13. The molecule has 0 aromatic rings. The number of amides is 1. The lowest BCUT2D eigenvalue weighted by atomic mass is 9.97. The van der Waals surface area contributed by atoms with Crippen LogP contribution >= 0.6 is 0 Å². The van der Waals surface area contributed by atoms with Crippen molar-refractivity contribution in [3.05, 3.63) is 12.2 Å². The van der Waals surface area contributed by atoms with Crippen LogP contribution in [0.15, 0.2) is 12.2 Å². The Bertz CT molecular complexity index is 1360. The summed E-state index contributed by atoms with van der Waals surface area (Å²) in [5, 5.41) is 86.9.